The van der Waals surface area contributed by atoms with Gasteiger partial charge in [0.25, 0.3) is 0 Å². The topological polar surface area (TPSA) is 98.2 Å². The largest absolute Gasteiger partial charge is 0.494 e. The molecule has 17 heteroatoms. The zero-order valence-electron chi connectivity index (χ0n) is 28.0. The molecule has 0 spiro atoms. The molecular formula is C34H36ClF6N2O7P. The molecule has 2 aromatic carbocycles. The van der Waals surface area contributed by atoms with Gasteiger partial charge in [0.15, 0.2) is 0 Å². The normalized spacial score (nSPS) is 11.7. The lowest BCUT2D eigenvalue weighted by Gasteiger charge is -2.18. The summed E-state index contributed by atoms with van der Waals surface area (Å²) in [5.41, 5.74) is -0.357. The maximum Gasteiger partial charge on any atom is 0.417 e. The Kier molecular flexibility index (Phi) is 15.4. The number of benzene rings is 2. The van der Waals surface area contributed by atoms with E-state index in [9.17, 15) is 30.9 Å². The Balaban J connectivity index is 0.000000286. The van der Waals surface area contributed by atoms with Gasteiger partial charge in [-0.3, -0.25) is 4.57 Å². The molecule has 0 aliphatic heterocycles. The third kappa shape index (κ3) is 13.6. The van der Waals surface area contributed by atoms with Gasteiger partial charge in [-0.15, -0.1) is 11.6 Å². The molecule has 0 N–H and O–H groups in total. The summed E-state index contributed by atoms with van der Waals surface area (Å²) in [4.78, 5) is 7.35. The number of aromatic nitrogens is 2. The first-order valence-corrected chi connectivity index (χ1v) is 17.8. The highest BCUT2D eigenvalue weighted by Gasteiger charge is 2.31. The second-order valence-electron chi connectivity index (χ2n) is 10.2. The lowest BCUT2D eigenvalue weighted by molar-refractivity contribution is -0.138. The number of rotatable bonds is 15. The summed E-state index contributed by atoms with van der Waals surface area (Å²) in [5, 5.41) is 0. The third-order valence-corrected chi connectivity index (χ3v) is 8.62. The minimum Gasteiger partial charge on any atom is -0.494 e. The monoisotopic (exact) mass is 764 g/mol. The minimum atomic E-state index is -4.48. The first-order chi connectivity index (χ1) is 24.1. The van der Waals surface area contributed by atoms with E-state index in [1.807, 2.05) is 6.92 Å². The second-order valence-corrected chi connectivity index (χ2v) is 12.5. The van der Waals surface area contributed by atoms with Gasteiger partial charge in [0, 0.05) is 42.5 Å². The SMILES string of the molecule is CCOc1cc(CCl)cc(Oc2ccc(C(F)(F)F)cn2)c1.CCOc1cc(CP(=O)(OCC)OCC)cc(Oc2ccc(C(F)(F)F)cn2)c1. The van der Waals surface area contributed by atoms with E-state index in [2.05, 4.69) is 9.97 Å². The number of alkyl halides is 7. The summed E-state index contributed by atoms with van der Waals surface area (Å²) < 4.78 is 121. The van der Waals surface area contributed by atoms with Crippen LogP contribution >= 0.6 is 19.2 Å². The number of halogens is 7. The van der Waals surface area contributed by atoms with Crippen LogP contribution in [0.1, 0.15) is 49.9 Å². The van der Waals surface area contributed by atoms with Crippen LogP contribution in [0.25, 0.3) is 0 Å². The molecular weight excluding hydrogens is 729 g/mol. The van der Waals surface area contributed by atoms with Crippen molar-refractivity contribution < 1.29 is 58.9 Å². The predicted octanol–water partition coefficient (Wildman–Crippen LogP) is 11.1. The molecule has 4 rings (SSSR count). The molecule has 2 aromatic heterocycles. The van der Waals surface area contributed by atoms with Crippen molar-refractivity contribution >= 4 is 19.2 Å². The number of ether oxygens (including phenoxy) is 4. The maximum absolute atomic E-state index is 12.8. The van der Waals surface area contributed by atoms with Gasteiger partial charge in [-0.2, -0.15) is 26.3 Å². The Morgan fingerprint density at radius 2 is 1.02 bits per heavy atom. The van der Waals surface area contributed by atoms with Crippen molar-refractivity contribution in [3.05, 3.63) is 95.3 Å². The molecule has 278 valence electrons. The van der Waals surface area contributed by atoms with Crippen LogP contribution in [0.2, 0.25) is 0 Å². The predicted molar refractivity (Wildman–Crippen MR) is 178 cm³/mol. The molecule has 4 aromatic rings. The van der Waals surface area contributed by atoms with Gasteiger partial charge in [0.2, 0.25) is 11.8 Å². The van der Waals surface area contributed by atoms with E-state index in [-0.39, 0.29) is 42.8 Å². The van der Waals surface area contributed by atoms with Crippen molar-refractivity contribution in [2.45, 2.75) is 52.1 Å². The molecule has 9 nitrogen and oxygen atoms in total. The van der Waals surface area contributed by atoms with Gasteiger partial charge in [-0.05, 0) is 75.2 Å². The molecule has 0 saturated heterocycles. The van der Waals surface area contributed by atoms with Crippen molar-refractivity contribution in [1.82, 2.24) is 9.97 Å². The van der Waals surface area contributed by atoms with E-state index in [1.54, 1.807) is 57.2 Å². The Hall–Kier alpha value is -4.04. The fourth-order valence-electron chi connectivity index (χ4n) is 4.25. The Morgan fingerprint density at radius 3 is 1.37 bits per heavy atom. The average Bonchev–Trinajstić information content (AvgIpc) is 3.05. The van der Waals surface area contributed by atoms with Crippen LogP contribution in [0.5, 0.6) is 34.8 Å². The smallest absolute Gasteiger partial charge is 0.417 e. The third-order valence-electron chi connectivity index (χ3n) is 6.26. The number of hydrogen-bond donors (Lipinski definition) is 0. The Labute approximate surface area is 296 Å². The van der Waals surface area contributed by atoms with Gasteiger partial charge >= 0.3 is 19.9 Å². The standard InChI is InChI=1S/C19H23F3NO5P.C15H13ClF3NO2/c1-4-25-16-9-14(13-29(24,26-5-2)27-6-3)10-17(11-16)28-18-8-7-15(12-23-18)19(20,21)22;1-2-21-12-5-10(8-16)6-13(7-12)22-14-4-3-11(9-20-14)15(17,18)19/h7-12H,4-6,13H2,1-3H3;3-7,9H,2,8H2,1H3. The van der Waals surface area contributed by atoms with E-state index >= 15 is 0 Å². The van der Waals surface area contributed by atoms with Gasteiger partial charge < -0.3 is 28.0 Å². The highest BCUT2D eigenvalue weighted by molar-refractivity contribution is 7.53. The van der Waals surface area contributed by atoms with Crippen LogP contribution in [0.15, 0.2) is 73.1 Å². The molecule has 0 fully saturated rings. The van der Waals surface area contributed by atoms with Crippen molar-refractivity contribution in [1.29, 1.82) is 0 Å². The van der Waals surface area contributed by atoms with Crippen LogP contribution in [-0.2, 0) is 38.0 Å². The highest BCUT2D eigenvalue weighted by Crippen LogP contribution is 2.52. The van der Waals surface area contributed by atoms with Gasteiger partial charge in [-0.25, -0.2) is 9.97 Å². The van der Waals surface area contributed by atoms with Gasteiger partial charge in [0.05, 0.1) is 43.7 Å². The van der Waals surface area contributed by atoms with Crippen LogP contribution in [-0.4, -0.2) is 36.4 Å². The summed E-state index contributed by atoms with van der Waals surface area (Å²) in [6.07, 6.45) is -7.49. The van der Waals surface area contributed by atoms with Crippen molar-refractivity contribution in [2.75, 3.05) is 26.4 Å². The number of pyridine rings is 2. The van der Waals surface area contributed by atoms with E-state index in [1.165, 1.54) is 0 Å². The molecule has 51 heavy (non-hydrogen) atoms. The van der Waals surface area contributed by atoms with Crippen molar-refractivity contribution in [2.24, 2.45) is 0 Å². The number of nitrogens with zero attached hydrogens (tertiary/aromatic N) is 2. The summed E-state index contributed by atoms with van der Waals surface area (Å²) in [6, 6.07) is 14.0. The van der Waals surface area contributed by atoms with Crippen LogP contribution in [0, 0.1) is 0 Å². The Bertz CT molecular complexity index is 1720. The summed E-state index contributed by atoms with van der Waals surface area (Å²) in [7, 11) is -3.36. The quantitative estimate of drug-likeness (QED) is 0.0665. The zero-order valence-corrected chi connectivity index (χ0v) is 29.7. The van der Waals surface area contributed by atoms with Crippen molar-refractivity contribution in [3.8, 4) is 34.8 Å². The van der Waals surface area contributed by atoms with Crippen LogP contribution in [0.4, 0.5) is 26.3 Å². The zero-order chi connectivity index (χ0) is 37.7. The fourth-order valence-corrected chi connectivity index (χ4v) is 6.08. The maximum atomic E-state index is 12.8. The second kappa shape index (κ2) is 19.0. The molecule has 0 aliphatic rings. The van der Waals surface area contributed by atoms with Gasteiger partial charge in [0.1, 0.15) is 23.0 Å². The number of hydrogen-bond acceptors (Lipinski definition) is 9. The first kappa shape index (κ1) is 41.4. The molecule has 0 unspecified atom stereocenters. The van der Waals surface area contributed by atoms with E-state index in [0.29, 0.717) is 42.2 Å². The molecule has 0 aliphatic carbocycles. The molecule has 0 atom stereocenters. The summed E-state index contributed by atoms with van der Waals surface area (Å²) >= 11 is 5.79. The first-order valence-electron chi connectivity index (χ1n) is 15.5. The molecule has 0 radical (unpaired) electrons. The van der Waals surface area contributed by atoms with Crippen molar-refractivity contribution in [3.63, 3.8) is 0 Å². The molecule has 0 saturated carbocycles. The van der Waals surface area contributed by atoms with E-state index in [4.69, 9.17) is 39.6 Å². The fraction of sp³-hybridized carbons (Fsp3) is 0.353. The summed E-state index contributed by atoms with van der Waals surface area (Å²) in [5.74, 6) is 2.00. The Morgan fingerprint density at radius 1 is 0.608 bits per heavy atom. The molecule has 0 bridgehead atoms. The average molecular weight is 765 g/mol. The highest BCUT2D eigenvalue weighted by atomic mass is 35.5. The lowest BCUT2D eigenvalue weighted by Crippen LogP contribution is -2.05. The van der Waals surface area contributed by atoms with Gasteiger partial charge in [-0.1, -0.05) is 0 Å². The van der Waals surface area contributed by atoms with E-state index in [0.717, 1.165) is 36.0 Å². The van der Waals surface area contributed by atoms with E-state index < -0.39 is 31.1 Å². The van der Waals surface area contributed by atoms with Crippen LogP contribution < -0.4 is 18.9 Å². The van der Waals surface area contributed by atoms with Crippen LogP contribution in [0.3, 0.4) is 0 Å². The molecule has 2 heterocycles. The lowest BCUT2D eigenvalue weighted by atomic mass is 10.2. The summed E-state index contributed by atoms with van der Waals surface area (Å²) in [6.45, 7) is 8.38. The minimum absolute atomic E-state index is 0.00755. The molecule has 0 amide bonds.